The molecule has 1 saturated carbocycles. The molecular formula is C14H24F3N3OS. The van der Waals surface area contributed by atoms with Crippen LogP contribution in [0.25, 0.3) is 0 Å². The van der Waals surface area contributed by atoms with Crippen molar-refractivity contribution in [2.75, 3.05) is 25.1 Å². The van der Waals surface area contributed by atoms with Crippen LogP contribution in [0.1, 0.15) is 32.1 Å². The van der Waals surface area contributed by atoms with Crippen molar-refractivity contribution in [3.63, 3.8) is 0 Å². The molecule has 0 amide bonds. The van der Waals surface area contributed by atoms with E-state index in [0.29, 0.717) is 31.1 Å². The van der Waals surface area contributed by atoms with E-state index in [2.05, 4.69) is 15.6 Å². The first-order valence-electron chi connectivity index (χ1n) is 7.66. The van der Waals surface area contributed by atoms with Crippen LogP contribution in [0, 0.1) is 5.92 Å². The van der Waals surface area contributed by atoms with Gasteiger partial charge >= 0.3 is 6.18 Å². The van der Waals surface area contributed by atoms with E-state index in [0.717, 1.165) is 12.2 Å². The van der Waals surface area contributed by atoms with Crippen molar-refractivity contribution in [1.82, 2.24) is 10.6 Å². The fourth-order valence-corrected chi connectivity index (χ4v) is 4.29. The van der Waals surface area contributed by atoms with E-state index in [1.807, 2.05) is 0 Å². The number of aliphatic imine (C=N–C) groups is 1. The number of hydrogen-bond acceptors (Lipinski definition) is 3. The average Bonchev–Trinajstić information content (AvgIpc) is 2.90. The van der Waals surface area contributed by atoms with Crippen molar-refractivity contribution in [2.45, 2.75) is 49.9 Å². The summed E-state index contributed by atoms with van der Waals surface area (Å²) < 4.78 is 38.5. The van der Waals surface area contributed by atoms with Crippen LogP contribution in [0.15, 0.2) is 4.99 Å². The molecule has 2 aliphatic rings. The van der Waals surface area contributed by atoms with Gasteiger partial charge in [-0.2, -0.15) is 24.9 Å². The molecule has 0 aromatic heterocycles. The second kappa shape index (κ2) is 7.29. The van der Waals surface area contributed by atoms with Gasteiger partial charge in [0.15, 0.2) is 5.96 Å². The second-order valence-electron chi connectivity index (χ2n) is 6.20. The molecule has 0 bridgehead atoms. The summed E-state index contributed by atoms with van der Waals surface area (Å²) in [5.74, 6) is 0.849. The predicted octanol–water partition coefficient (Wildman–Crippen LogP) is 2.14. The molecule has 1 aliphatic carbocycles. The molecule has 3 atom stereocenters. The van der Waals surface area contributed by atoms with E-state index >= 15 is 0 Å². The minimum atomic E-state index is -4.12. The number of rotatable bonds is 3. The molecule has 2 rings (SSSR count). The van der Waals surface area contributed by atoms with Gasteiger partial charge in [0, 0.05) is 25.4 Å². The lowest BCUT2D eigenvalue weighted by molar-refractivity contribution is -0.183. The summed E-state index contributed by atoms with van der Waals surface area (Å²) in [6.07, 6.45) is -1.81. The third kappa shape index (κ3) is 4.94. The SMILES string of the molecule is CN=C(NCC1(O)CCSC1)NC1CCCC(C(F)(F)F)C1. The molecule has 0 spiro atoms. The molecule has 3 unspecified atom stereocenters. The monoisotopic (exact) mass is 339 g/mol. The Hall–Kier alpha value is -0.630. The minimum Gasteiger partial charge on any atom is -0.387 e. The van der Waals surface area contributed by atoms with Gasteiger partial charge in [0.25, 0.3) is 0 Å². The van der Waals surface area contributed by atoms with Crippen molar-refractivity contribution in [3.8, 4) is 0 Å². The zero-order valence-electron chi connectivity index (χ0n) is 12.7. The Morgan fingerprint density at radius 3 is 2.77 bits per heavy atom. The highest BCUT2D eigenvalue weighted by atomic mass is 32.2. The van der Waals surface area contributed by atoms with Crippen LogP contribution < -0.4 is 10.6 Å². The van der Waals surface area contributed by atoms with Crippen molar-refractivity contribution in [1.29, 1.82) is 0 Å². The molecule has 2 fully saturated rings. The first kappa shape index (κ1) is 17.7. The number of alkyl halides is 3. The molecule has 22 heavy (non-hydrogen) atoms. The maximum Gasteiger partial charge on any atom is 0.391 e. The molecule has 128 valence electrons. The van der Waals surface area contributed by atoms with Crippen LogP contribution in [-0.4, -0.2) is 54.0 Å². The Balaban J connectivity index is 1.82. The number of halogens is 3. The maximum absolute atomic E-state index is 12.8. The minimum absolute atomic E-state index is 0.0876. The van der Waals surface area contributed by atoms with Gasteiger partial charge in [-0.15, -0.1) is 0 Å². The first-order chi connectivity index (χ1) is 10.3. The fourth-order valence-electron chi connectivity index (χ4n) is 2.99. The normalized spacial score (nSPS) is 33.8. The molecule has 0 aromatic carbocycles. The zero-order chi connectivity index (χ0) is 16.2. The highest BCUT2D eigenvalue weighted by Crippen LogP contribution is 2.37. The van der Waals surface area contributed by atoms with Crippen LogP contribution >= 0.6 is 11.8 Å². The maximum atomic E-state index is 12.8. The summed E-state index contributed by atoms with van der Waals surface area (Å²) in [7, 11) is 1.59. The topological polar surface area (TPSA) is 56.7 Å². The molecule has 4 nitrogen and oxygen atoms in total. The Bertz CT molecular complexity index is 397. The van der Waals surface area contributed by atoms with E-state index in [4.69, 9.17) is 0 Å². The van der Waals surface area contributed by atoms with Gasteiger partial charge in [0.2, 0.25) is 0 Å². The van der Waals surface area contributed by atoms with Crippen LogP contribution in [0.4, 0.5) is 13.2 Å². The highest BCUT2D eigenvalue weighted by molar-refractivity contribution is 7.99. The summed E-state index contributed by atoms with van der Waals surface area (Å²) in [6, 6.07) is -0.223. The number of thioether (sulfide) groups is 1. The summed E-state index contributed by atoms with van der Waals surface area (Å²) in [4.78, 5) is 4.06. The zero-order valence-corrected chi connectivity index (χ0v) is 13.6. The first-order valence-corrected chi connectivity index (χ1v) is 8.82. The highest BCUT2D eigenvalue weighted by Gasteiger charge is 2.42. The van der Waals surface area contributed by atoms with Gasteiger partial charge in [-0.3, -0.25) is 4.99 Å². The largest absolute Gasteiger partial charge is 0.391 e. The second-order valence-corrected chi connectivity index (χ2v) is 7.30. The predicted molar refractivity (Wildman–Crippen MR) is 83.2 cm³/mol. The van der Waals surface area contributed by atoms with Gasteiger partial charge in [-0.05, 0) is 31.4 Å². The van der Waals surface area contributed by atoms with Gasteiger partial charge in [-0.25, -0.2) is 0 Å². The van der Waals surface area contributed by atoms with E-state index < -0.39 is 17.7 Å². The van der Waals surface area contributed by atoms with Gasteiger partial charge in [0.05, 0.1) is 11.5 Å². The fraction of sp³-hybridized carbons (Fsp3) is 0.929. The van der Waals surface area contributed by atoms with E-state index in [9.17, 15) is 18.3 Å². The number of hydrogen-bond donors (Lipinski definition) is 3. The van der Waals surface area contributed by atoms with Crippen molar-refractivity contribution >= 4 is 17.7 Å². The summed E-state index contributed by atoms with van der Waals surface area (Å²) in [6.45, 7) is 0.370. The smallest absolute Gasteiger partial charge is 0.387 e. The lowest BCUT2D eigenvalue weighted by Crippen LogP contribution is -2.51. The molecule has 0 aromatic rings. The van der Waals surface area contributed by atoms with Gasteiger partial charge in [-0.1, -0.05) is 6.42 Å². The number of aliphatic hydroxyl groups is 1. The van der Waals surface area contributed by atoms with Crippen molar-refractivity contribution < 1.29 is 18.3 Å². The number of nitrogens with zero attached hydrogens (tertiary/aromatic N) is 1. The van der Waals surface area contributed by atoms with Gasteiger partial charge < -0.3 is 15.7 Å². The van der Waals surface area contributed by atoms with Crippen molar-refractivity contribution in [2.24, 2.45) is 10.9 Å². The Labute approximate surface area is 133 Å². The molecule has 0 radical (unpaired) electrons. The molecule has 3 N–H and O–H groups in total. The number of guanidine groups is 1. The van der Waals surface area contributed by atoms with Crippen LogP contribution in [-0.2, 0) is 0 Å². The Kier molecular flexibility index (Phi) is 5.87. The summed E-state index contributed by atoms with van der Waals surface area (Å²) >= 11 is 1.70. The lowest BCUT2D eigenvalue weighted by atomic mass is 9.85. The molecular weight excluding hydrogens is 315 g/mol. The lowest BCUT2D eigenvalue weighted by Gasteiger charge is -2.32. The Morgan fingerprint density at radius 2 is 2.18 bits per heavy atom. The molecule has 1 heterocycles. The van der Waals surface area contributed by atoms with Crippen LogP contribution in [0.5, 0.6) is 0 Å². The average molecular weight is 339 g/mol. The quantitative estimate of drug-likeness (QED) is 0.545. The Morgan fingerprint density at radius 1 is 1.41 bits per heavy atom. The summed E-state index contributed by atoms with van der Waals surface area (Å²) in [5.41, 5.74) is -0.747. The molecule has 8 heteroatoms. The van der Waals surface area contributed by atoms with Gasteiger partial charge in [0.1, 0.15) is 0 Å². The number of nitrogens with one attached hydrogen (secondary N) is 2. The van der Waals surface area contributed by atoms with Crippen LogP contribution in [0.2, 0.25) is 0 Å². The van der Waals surface area contributed by atoms with E-state index in [-0.39, 0.29) is 18.9 Å². The molecule has 1 saturated heterocycles. The van der Waals surface area contributed by atoms with E-state index in [1.54, 1.807) is 18.8 Å². The van der Waals surface area contributed by atoms with Crippen molar-refractivity contribution in [3.05, 3.63) is 0 Å². The standard InChI is InChI=1S/C14H24F3N3OS/c1-18-12(19-8-13(21)5-6-22-9-13)20-11-4-2-3-10(7-11)14(15,16)17/h10-11,21H,2-9H2,1H3,(H2,18,19,20). The summed E-state index contributed by atoms with van der Waals surface area (Å²) in [5, 5.41) is 16.4. The van der Waals surface area contributed by atoms with Crippen LogP contribution in [0.3, 0.4) is 0 Å². The molecule has 1 aliphatic heterocycles. The third-order valence-electron chi connectivity index (χ3n) is 4.37. The third-order valence-corrected chi connectivity index (χ3v) is 5.60. The van der Waals surface area contributed by atoms with E-state index in [1.165, 1.54) is 0 Å².